The number of carbonyl (C=O) groups excluding carboxylic acids is 2. The van der Waals surface area contributed by atoms with Gasteiger partial charge in [0.1, 0.15) is 16.6 Å². The molecule has 0 atom stereocenters. The molecule has 98 valence electrons. The van der Waals surface area contributed by atoms with Gasteiger partial charge in [-0.2, -0.15) is 0 Å². The minimum absolute atomic E-state index is 0.0183. The Kier molecular flexibility index (Phi) is 3.12. The highest BCUT2D eigenvalue weighted by Crippen LogP contribution is 2.30. The highest BCUT2D eigenvalue weighted by Gasteiger charge is 2.32. The Balaban J connectivity index is 2.16. The standard InChI is InChI=1S/C14H6Cl2N2O2/c15-13-10(14(16)18-6-17-13)5-9-11(19)7-3-1-2-4-8(7)12(9)20/h1-6H. The maximum atomic E-state index is 12.2. The molecule has 0 N–H and O–H groups in total. The summed E-state index contributed by atoms with van der Waals surface area (Å²) in [6, 6.07) is 6.64. The molecule has 6 heteroatoms. The van der Waals surface area contributed by atoms with Crippen molar-refractivity contribution >= 4 is 40.8 Å². The molecule has 1 aliphatic rings. The monoisotopic (exact) mass is 304 g/mol. The molecule has 0 bridgehead atoms. The van der Waals surface area contributed by atoms with E-state index in [-0.39, 0.29) is 33.0 Å². The summed E-state index contributed by atoms with van der Waals surface area (Å²) in [4.78, 5) is 32.0. The number of hydrogen-bond donors (Lipinski definition) is 0. The van der Waals surface area contributed by atoms with E-state index in [0.29, 0.717) is 11.1 Å². The molecule has 1 aromatic heterocycles. The van der Waals surface area contributed by atoms with E-state index >= 15 is 0 Å². The molecule has 0 spiro atoms. The molecule has 3 rings (SSSR count). The van der Waals surface area contributed by atoms with Crippen LogP contribution in [0.2, 0.25) is 10.3 Å². The molecule has 20 heavy (non-hydrogen) atoms. The Morgan fingerprint density at radius 1 is 0.900 bits per heavy atom. The largest absolute Gasteiger partial charge is 0.288 e. The molecule has 2 aromatic rings. The van der Waals surface area contributed by atoms with Crippen molar-refractivity contribution in [1.82, 2.24) is 9.97 Å². The summed E-state index contributed by atoms with van der Waals surface area (Å²) in [5.74, 6) is -0.692. The second-order valence-electron chi connectivity index (χ2n) is 4.13. The Labute approximate surface area is 124 Å². The third-order valence-corrected chi connectivity index (χ3v) is 3.58. The first-order valence-electron chi connectivity index (χ1n) is 5.65. The number of ketones is 2. The minimum atomic E-state index is -0.346. The van der Waals surface area contributed by atoms with Gasteiger partial charge >= 0.3 is 0 Å². The molecule has 0 fully saturated rings. The van der Waals surface area contributed by atoms with Crippen LogP contribution in [0.3, 0.4) is 0 Å². The normalized spacial score (nSPS) is 13.6. The predicted molar refractivity (Wildman–Crippen MR) is 75.1 cm³/mol. The maximum absolute atomic E-state index is 12.2. The Morgan fingerprint density at radius 2 is 1.40 bits per heavy atom. The average Bonchev–Trinajstić information content (AvgIpc) is 2.68. The minimum Gasteiger partial charge on any atom is -0.288 e. The lowest BCUT2D eigenvalue weighted by Gasteiger charge is -2.00. The highest BCUT2D eigenvalue weighted by atomic mass is 35.5. The van der Waals surface area contributed by atoms with Gasteiger partial charge in [0, 0.05) is 11.1 Å². The molecule has 0 saturated carbocycles. The lowest BCUT2D eigenvalue weighted by Crippen LogP contribution is -2.01. The van der Waals surface area contributed by atoms with E-state index in [2.05, 4.69) is 9.97 Å². The van der Waals surface area contributed by atoms with Crippen LogP contribution in [0.25, 0.3) is 6.08 Å². The molecule has 1 heterocycles. The molecule has 0 radical (unpaired) electrons. The van der Waals surface area contributed by atoms with Gasteiger partial charge in [-0.3, -0.25) is 9.59 Å². The first-order chi connectivity index (χ1) is 9.59. The van der Waals surface area contributed by atoms with Crippen LogP contribution in [0.1, 0.15) is 26.3 Å². The molecule has 1 aromatic carbocycles. The molecule has 0 unspecified atom stereocenters. The smallest absolute Gasteiger partial charge is 0.197 e. The average molecular weight is 305 g/mol. The Hall–Kier alpha value is -2.04. The van der Waals surface area contributed by atoms with Crippen molar-refractivity contribution in [3.8, 4) is 0 Å². The zero-order valence-corrected chi connectivity index (χ0v) is 11.4. The second-order valence-corrected chi connectivity index (χ2v) is 4.85. The number of Topliss-reactive ketones (excluding diaryl/α,β-unsaturated/α-hetero) is 2. The molecular weight excluding hydrogens is 299 g/mol. The highest BCUT2D eigenvalue weighted by molar-refractivity contribution is 6.42. The third kappa shape index (κ3) is 1.94. The zero-order chi connectivity index (χ0) is 14.3. The van der Waals surface area contributed by atoms with Crippen LogP contribution in [0, 0.1) is 0 Å². The van der Waals surface area contributed by atoms with Crippen molar-refractivity contribution in [1.29, 1.82) is 0 Å². The van der Waals surface area contributed by atoms with Crippen molar-refractivity contribution < 1.29 is 9.59 Å². The van der Waals surface area contributed by atoms with Crippen LogP contribution in [0.5, 0.6) is 0 Å². The summed E-state index contributed by atoms with van der Waals surface area (Å²) in [5.41, 5.74) is 1.05. The van der Waals surface area contributed by atoms with Crippen molar-refractivity contribution in [3.63, 3.8) is 0 Å². The number of rotatable bonds is 1. The van der Waals surface area contributed by atoms with Gasteiger partial charge in [0.2, 0.25) is 0 Å². The number of fused-ring (bicyclic) bond motifs is 1. The van der Waals surface area contributed by atoms with Gasteiger partial charge in [-0.15, -0.1) is 0 Å². The number of allylic oxidation sites excluding steroid dienone is 1. The lowest BCUT2D eigenvalue weighted by atomic mass is 10.1. The molecule has 1 aliphatic carbocycles. The maximum Gasteiger partial charge on any atom is 0.197 e. The van der Waals surface area contributed by atoms with Crippen LogP contribution < -0.4 is 0 Å². The molecule has 0 aliphatic heterocycles. The molecule has 0 saturated heterocycles. The SMILES string of the molecule is O=C1C(=Cc2c(Cl)ncnc2Cl)C(=O)c2ccccc21. The van der Waals surface area contributed by atoms with Gasteiger partial charge in [0.15, 0.2) is 11.6 Å². The zero-order valence-electron chi connectivity index (χ0n) is 9.93. The predicted octanol–water partition coefficient (Wildman–Crippen LogP) is 3.25. The summed E-state index contributed by atoms with van der Waals surface area (Å²) in [5, 5.41) is 0.183. The van der Waals surface area contributed by atoms with Gasteiger partial charge in [-0.05, 0) is 6.08 Å². The van der Waals surface area contributed by atoms with Gasteiger partial charge < -0.3 is 0 Å². The van der Waals surface area contributed by atoms with E-state index in [9.17, 15) is 9.59 Å². The summed E-state index contributed by atoms with van der Waals surface area (Å²) < 4.78 is 0. The van der Waals surface area contributed by atoms with E-state index in [0.717, 1.165) is 0 Å². The van der Waals surface area contributed by atoms with Crippen molar-refractivity contribution in [2.45, 2.75) is 0 Å². The fraction of sp³-hybridized carbons (Fsp3) is 0. The molecule has 0 amide bonds. The van der Waals surface area contributed by atoms with Crippen LogP contribution >= 0.6 is 23.2 Å². The van der Waals surface area contributed by atoms with Crippen LogP contribution in [-0.2, 0) is 0 Å². The van der Waals surface area contributed by atoms with Gasteiger partial charge in [0.05, 0.1) is 11.1 Å². The number of halogens is 2. The first-order valence-corrected chi connectivity index (χ1v) is 6.41. The summed E-state index contributed by atoms with van der Waals surface area (Å²) in [6.07, 6.45) is 2.55. The van der Waals surface area contributed by atoms with E-state index in [1.165, 1.54) is 12.4 Å². The fourth-order valence-electron chi connectivity index (χ4n) is 2.02. The van der Waals surface area contributed by atoms with Crippen molar-refractivity contribution in [3.05, 3.63) is 63.2 Å². The number of hydrogen-bond acceptors (Lipinski definition) is 4. The molecule has 4 nitrogen and oxygen atoms in total. The van der Waals surface area contributed by atoms with Crippen LogP contribution in [0.15, 0.2) is 36.2 Å². The van der Waals surface area contributed by atoms with Crippen molar-refractivity contribution in [2.75, 3.05) is 0 Å². The van der Waals surface area contributed by atoms with Gasteiger partial charge in [-0.1, -0.05) is 47.5 Å². The van der Waals surface area contributed by atoms with Crippen LogP contribution in [-0.4, -0.2) is 21.5 Å². The van der Waals surface area contributed by atoms with E-state index in [4.69, 9.17) is 23.2 Å². The van der Waals surface area contributed by atoms with E-state index in [1.807, 2.05) is 0 Å². The van der Waals surface area contributed by atoms with E-state index < -0.39 is 0 Å². The quantitative estimate of drug-likeness (QED) is 0.461. The lowest BCUT2D eigenvalue weighted by molar-refractivity contribution is 0.0990. The fourth-order valence-corrected chi connectivity index (χ4v) is 2.45. The summed E-state index contributed by atoms with van der Waals surface area (Å²) in [6.45, 7) is 0. The van der Waals surface area contributed by atoms with E-state index in [1.54, 1.807) is 24.3 Å². The number of carbonyl (C=O) groups is 2. The number of benzene rings is 1. The second kappa shape index (κ2) is 4.81. The van der Waals surface area contributed by atoms with Crippen LogP contribution in [0.4, 0.5) is 0 Å². The number of nitrogens with zero attached hydrogens (tertiary/aromatic N) is 2. The number of aromatic nitrogens is 2. The van der Waals surface area contributed by atoms with Gasteiger partial charge in [0.25, 0.3) is 0 Å². The first kappa shape index (κ1) is 13.0. The Bertz CT molecular complexity index is 727. The summed E-state index contributed by atoms with van der Waals surface area (Å²) >= 11 is 11.8. The van der Waals surface area contributed by atoms with Crippen molar-refractivity contribution in [2.24, 2.45) is 0 Å². The Morgan fingerprint density at radius 3 is 1.90 bits per heavy atom. The van der Waals surface area contributed by atoms with Gasteiger partial charge in [-0.25, -0.2) is 9.97 Å². The molecular formula is C14H6Cl2N2O2. The summed E-state index contributed by atoms with van der Waals surface area (Å²) in [7, 11) is 0. The third-order valence-electron chi connectivity index (χ3n) is 2.98. The topological polar surface area (TPSA) is 59.9 Å².